The fraction of sp³-hybridized carbons (Fsp3) is 0.188. The van der Waals surface area contributed by atoms with Gasteiger partial charge in [-0.25, -0.2) is 4.39 Å². The molecule has 0 aliphatic heterocycles. The number of halogens is 2. The highest BCUT2D eigenvalue weighted by molar-refractivity contribution is 9.10. The molecule has 0 aliphatic rings. The molecule has 2 nitrogen and oxygen atoms in total. The van der Waals surface area contributed by atoms with Gasteiger partial charge < -0.3 is 10.5 Å². The molecule has 0 amide bonds. The molecule has 0 aliphatic carbocycles. The molecule has 0 radical (unpaired) electrons. The summed E-state index contributed by atoms with van der Waals surface area (Å²) < 4.78 is 20.3. The van der Waals surface area contributed by atoms with Crippen LogP contribution in [0.15, 0.2) is 34.8 Å². The maximum absolute atomic E-state index is 13.8. The Bertz CT molecular complexity index is 680. The molecule has 0 saturated heterocycles. The first-order valence-corrected chi connectivity index (χ1v) is 7.56. The normalized spacial score (nSPS) is 10.5. The average Bonchev–Trinajstić information content (AvgIpc) is 2.39. The van der Waals surface area contributed by atoms with Crippen molar-refractivity contribution in [1.29, 1.82) is 0 Å². The lowest BCUT2D eigenvalue weighted by Crippen LogP contribution is -2.10. The second-order valence-electron chi connectivity index (χ2n) is 4.83. The van der Waals surface area contributed by atoms with Crippen molar-refractivity contribution in [3.63, 3.8) is 0 Å². The van der Waals surface area contributed by atoms with Crippen molar-refractivity contribution in [1.82, 2.24) is 0 Å². The van der Waals surface area contributed by atoms with Crippen LogP contribution in [0.25, 0.3) is 0 Å². The maximum Gasteiger partial charge on any atom is 0.130 e. The van der Waals surface area contributed by atoms with Crippen molar-refractivity contribution in [3.05, 3.63) is 62.9 Å². The average molecular weight is 368 g/mol. The van der Waals surface area contributed by atoms with Crippen molar-refractivity contribution < 1.29 is 9.13 Å². The Balaban J connectivity index is 2.22. The molecule has 2 rings (SSSR count). The van der Waals surface area contributed by atoms with Gasteiger partial charge in [0.2, 0.25) is 0 Å². The number of aryl methyl sites for hydroxylation is 2. The fourth-order valence-electron chi connectivity index (χ4n) is 2.11. The second kappa shape index (κ2) is 6.54. The van der Waals surface area contributed by atoms with Gasteiger partial charge in [-0.1, -0.05) is 34.2 Å². The van der Waals surface area contributed by atoms with Gasteiger partial charge in [-0.2, -0.15) is 0 Å². The molecule has 2 aromatic carbocycles. The number of benzene rings is 2. The predicted octanol–water partition coefficient (Wildman–Crippen LogP) is 4.42. The maximum atomic E-state index is 13.8. The third-order valence-corrected chi connectivity index (χ3v) is 3.86. The van der Waals surface area contributed by atoms with Gasteiger partial charge in [0, 0.05) is 15.6 Å². The van der Waals surface area contributed by atoms with Crippen LogP contribution in [0.3, 0.4) is 0 Å². The lowest BCUT2D eigenvalue weighted by Gasteiger charge is -2.14. The summed E-state index contributed by atoms with van der Waals surface area (Å²) in [4.78, 5) is 0.353. The summed E-state index contributed by atoms with van der Waals surface area (Å²) in [7, 11) is 0. The summed E-state index contributed by atoms with van der Waals surface area (Å²) in [5.74, 6) is 0.441. The van der Waals surface area contributed by atoms with Crippen LogP contribution in [0, 0.1) is 19.7 Å². The predicted molar refractivity (Wildman–Crippen MR) is 90.2 cm³/mol. The van der Waals surface area contributed by atoms with Crippen LogP contribution >= 0.6 is 28.1 Å². The highest BCUT2D eigenvalue weighted by atomic mass is 79.9. The van der Waals surface area contributed by atoms with E-state index in [4.69, 9.17) is 22.7 Å². The number of rotatable bonds is 4. The Labute approximate surface area is 137 Å². The van der Waals surface area contributed by atoms with Crippen molar-refractivity contribution in [2.75, 3.05) is 0 Å². The summed E-state index contributed by atoms with van der Waals surface area (Å²) in [6.07, 6.45) is 0. The van der Waals surface area contributed by atoms with E-state index >= 15 is 0 Å². The third kappa shape index (κ3) is 3.80. The molecular weight excluding hydrogens is 353 g/mol. The summed E-state index contributed by atoms with van der Waals surface area (Å²) >= 11 is 8.21. The Hall–Kier alpha value is -1.46. The standard InChI is InChI=1S/C16H15BrFNOS/c1-9-5-12(16(19)21)6-10(2)15(9)20-8-11-3-4-13(17)7-14(11)18/h3-7H,8H2,1-2H3,(H2,19,21). The van der Waals surface area contributed by atoms with Crippen molar-refractivity contribution >= 4 is 33.1 Å². The number of thiocarbonyl (C=S) groups is 1. The Morgan fingerprint density at radius 3 is 2.38 bits per heavy atom. The molecule has 2 aromatic rings. The molecule has 0 saturated carbocycles. The molecule has 0 fully saturated rings. The van der Waals surface area contributed by atoms with Crippen LogP contribution in [0.4, 0.5) is 4.39 Å². The van der Waals surface area contributed by atoms with E-state index in [9.17, 15) is 4.39 Å². The van der Waals surface area contributed by atoms with Gasteiger partial charge in [0.15, 0.2) is 0 Å². The van der Waals surface area contributed by atoms with Gasteiger partial charge in [-0.05, 0) is 49.2 Å². The summed E-state index contributed by atoms with van der Waals surface area (Å²) in [5, 5.41) is 0. The van der Waals surface area contributed by atoms with E-state index in [1.807, 2.05) is 26.0 Å². The number of ether oxygens (including phenoxy) is 1. The lowest BCUT2D eigenvalue weighted by atomic mass is 10.1. The van der Waals surface area contributed by atoms with E-state index in [1.165, 1.54) is 6.07 Å². The minimum absolute atomic E-state index is 0.174. The highest BCUT2D eigenvalue weighted by Crippen LogP contribution is 2.26. The molecule has 0 aromatic heterocycles. The SMILES string of the molecule is Cc1cc(C(N)=S)cc(C)c1OCc1ccc(Br)cc1F. The van der Waals surface area contributed by atoms with Crippen molar-refractivity contribution in [3.8, 4) is 5.75 Å². The highest BCUT2D eigenvalue weighted by Gasteiger charge is 2.10. The summed E-state index contributed by atoms with van der Waals surface area (Å²) in [5.41, 5.74) is 8.81. The van der Waals surface area contributed by atoms with Crippen LogP contribution in [-0.4, -0.2) is 4.99 Å². The van der Waals surface area contributed by atoms with Gasteiger partial charge in [0.05, 0.1) is 0 Å². The largest absolute Gasteiger partial charge is 0.488 e. The number of hydrogen-bond donors (Lipinski definition) is 1. The summed E-state index contributed by atoms with van der Waals surface area (Å²) in [6.45, 7) is 4.01. The molecule has 0 heterocycles. The molecule has 0 bridgehead atoms. The van der Waals surface area contributed by atoms with E-state index in [2.05, 4.69) is 15.9 Å². The minimum Gasteiger partial charge on any atom is -0.488 e. The van der Waals surface area contributed by atoms with Crippen molar-refractivity contribution in [2.45, 2.75) is 20.5 Å². The Morgan fingerprint density at radius 1 is 1.24 bits per heavy atom. The van der Waals surface area contributed by atoms with E-state index in [0.717, 1.165) is 22.4 Å². The zero-order chi connectivity index (χ0) is 15.6. The zero-order valence-electron chi connectivity index (χ0n) is 11.7. The first-order chi connectivity index (χ1) is 9.88. The van der Waals surface area contributed by atoms with Gasteiger partial charge in [-0.15, -0.1) is 0 Å². The molecular formula is C16H15BrFNOS. The van der Waals surface area contributed by atoms with Gasteiger partial charge in [0.1, 0.15) is 23.2 Å². The Morgan fingerprint density at radius 2 is 1.86 bits per heavy atom. The van der Waals surface area contributed by atoms with E-state index in [0.29, 0.717) is 15.0 Å². The van der Waals surface area contributed by atoms with E-state index < -0.39 is 0 Å². The molecule has 0 spiro atoms. The summed E-state index contributed by atoms with van der Waals surface area (Å²) in [6, 6.07) is 8.67. The molecule has 5 heteroatoms. The van der Waals surface area contributed by atoms with Crippen LogP contribution in [0.5, 0.6) is 5.75 Å². The minimum atomic E-state index is -0.292. The zero-order valence-corrected chi connectivity index (χ0v) is 14.1. The van der Waals surface area contributed by atoms with Crippen LogP contribution in [0.2, 0.25) is 0 Å². The second-order valence-corrected chi connectivity index (χ2v) is 6.18. The monoisotopic (exact) mass is 367 g/mol. The van der Waals surface area contributed by atoms with Gasteiger partial charge in [-0.3, -0.25) is 0 Å². The molecule has 0 unspecified atom stereocenters. The lowest BCUT2D eigenvalue weighted by molar-refractivity contribution is 0.295. The van der Waals surface area contributed by atoms with Crippen LogP contribution < -0.4 is 10.5 Å². The molecule has 110 valence electrons. The van der Waals surface area contributed by atoms with Crippen molar-refractivity contribution in [2.24, 2.45) is 5.73 Å². The van der Waals surface area contributed by atoms with Gasteiger partial charge >= 0.3 is 0 Å². The first kappa shape index (κ1) is 15.9. The van der Waals surface area contributed by atoms with Crippen LogP contribution in [-0.2, 0) is 6.61 Å². The Kier molecular flexibility index (Phi) is 4.96. The topological polar surface area (TPSA) is 35.2 Å². The molecule has 21 heavy (non-hydrogen) atoms. The quantitative estimate of drug-likeness (QED) is 0.812. The smallest absolute Gasteiger partial charge is 0.130 e. The molecule has 2 N–H and O–H groups in total. The van der Waals surface area contributed by atoms with Gasteiger partial charge in [0.25, 0.3) is 0 Å². The van der Waals surface area contributed by atoms with Crippen LogP contribution in [0.1, 0.15) is 22.3 Å². The molecule has 0 atom stereocenters. The third-order valence-electron chi connectivity index (χ3n) is 3.13. The van der Waals surface area contributed by atoms with E-state index in [1.54, 1.807) is 12.1 Å². The van der Waals surface area contributed by atoms with E-state index in [-0.39, 0.29) is 12.4 Å². The number of hydrogen-bond acceptors (Lipinski definition) is 2. The fourth-order valence-corrected chi connectivity index (χ4v) is 2.56. The first-order valence-electron chi connectivity index (χ1n) is 6.36. The number of nitrogens with two attached hydrogens (primary N) is 1.